The van der Waals surface area contributed by atoms with Crippen molar-refractivity contribution in [2.75, 3.05) is 0 Å². The standard InChI is InChI=1S/C18H22O/c1-3-15-10-12-16(13-11-15)14-18(19,4-2)17-8-6-5-7-9-17/h5-13,19H,3-4,14H2,1-2H3. The van der Waals surface area contributed by atoms with Gasteiger partial charge < -0.3 is 5.11 Å². The minimum atomic E-state index is -0.769. The zero-order valence-corrected chi connectivity index (χ0v) is 11.8. The van der Waals surface area contributed by atoms with E-state index in [4.69, 9.17) is 0 Å². The molecule has 0 aromatic heterocycles. The monoisotopic (exact) mass is 254 g/mol. The Labute approximate surface area is 115 Å². The van der Waals surface area contributed by atoms with E-state index in [1.54, 1.807) is 0 Å². The third kappa shape index (κ3) is 3.24. The number of hydrogen-bond donors (Lipinski definition) is 1. The third-order valence-corrected chi connectivity index (χ3v) is 3.82. The second-order valence-electron chi connectivity index (χ2n) is 5.10. The van der Waals surface area contributed by atoms with Crippen LogP contribution in [0.5, 0.6) is 0 Å². The molecule has 2 aromatic rings. The molecule has 1 atom stereocenters. The molecular weight excluding hydrogens is 232 g/mol. The van der Waals surface area contributed by atoms with Crippen LogP contribution in [-0.4, -0.2) is 5.11 Å². The van der Waals surface area contributed by atoms with Crippen molar-refractivity contribution >= 4 is 0 Å². The van der Waals surface area contributed by atoms with Crippen LogP contribution >= 0.6 is 0 Å². The number of aryl methyl sites for hydroxylation is 1. The van der Waals surface area contributed by atoms with Gasteiger partial charge in [0.05, 0.1) is 5.60 Å². The fraction of sp³-hybridized carbons (Fsp3) is 0.333. The molecule has 1 heteroatoms. The molecule has 100 valence electrons. The maximum atomic E-state index is 10.9. The Morgan fingerprint density at radius 3 is 1.95 bits per heavy atom. The molecule has 0 aliphatic heterocycles. The maximum absolute atomic E-state index is 10.9. The van der Waals surface area contributed by atoms with E-state index in [2.05, 4.69) is 31.2 Å². The van der Waals surface area contributed by atoms with Crippen LogP contribution in [0, 0.1) is 0 Å². The summed E-state index contributed by atoms with van der Waals surface area (Å²) in [6.07, 6.45) is 2.43. The van der Waals surface area contributed by atoms with Gasteiger partial charge in [0.25, 0.3) is 0 Å². The van der Waals surface area contributed by atoms with Crippen LogP contribution in [0.3, 0.4) is 0 Å². The van der Waals surface area contributed by atoms with Gasteiger partial charge in [-0.05, 0) is 29.5 Å². The van der Waals surface area contributed by atoms with Crippen molar-refractivity contribution in [1.29, 1.82) is 0 Å². The molecule has 19 heavy (non-hydrogen) atoms. The molecule has 0 aliphatic carbocycles. The first-order valence-electron chi connectivity index (χ1n) is 7.03. The fourth-order valence-electron chi connectivity index (χ4n) is 2.41. The Bertz CT molecular complexity index is 501. The van der Waals surface area contributed by atoms with Gasteiger partial charge in [-0.25, -0.2) is 0 Å². The van der Waals surface area contributed by atoms with E-state index in [-0.39, 0.29) is 0 Å². The molecule has 1 nitrogen and oxygen atoms in total. The Balaban J connectivity index is 2.22. The summed E-state index contributed by atoms with van der Waals surface area (Å²) >= 11 is 0. The predicted octanol–water partition coefficient (Wildman–Crippen LogP) is 4.09. The second-order valence-corrected chi connectivity index (χ2v) is 5.10. The van der Waals surface area contributed by atoms with E-state index < -0.39 is 5.60 Å². The largest absolute Gasteiger partial charge is 0.385 e. The summed E-state index contributed by atoms with van der Waals surface area (Å²) in [7, 11) is 0. The minimum absolute atomic E-state index is 0.664. The number of aliphatic hydroxyl groups is 1. The highest BCUT2D eigenvalue weighted by molar-refractivity contribution is 5.28. The molecule has 1 unspecified atom stereocenters. The van der Waals surface area contributed by atoms with E-state index in [0.717, 1.165) is 12.0 Å². The summed E-state index contributed by atoms with van der Waals surface area (Å²) in [5.41, 5.74) is 2.75. The van der Waals surface area contributed by atoms with Gasteiger partial charge in [-0.15, -0.1) is 0 Å². The molecule has 0 spiro atoms. The first kappa shape index (κ1) is 13.8. The van der Waals surface area contributed by atoms with Crippen LogP contribution < -0.4 is 0 Å². The maximum Gasteiger partial charge on any atom is 0.0934 e. The Morgan fingerprint density at radius 1 is 0.842 bits per heavy atom. The van der Waals surface area contributed by atoms with Crippen LogP contribution in [-0.2, 0) is 18.4 Å². The van der Waals surface area contributed by atoms with Crippen molar-refractivity contribution in [3.63, 3.8) is 0 Å². The highest BCUT2D eigenvalue weighted by Gasteiger charge is 2.27. The molecule has 0 saturated carbocycles. The summed E-state index contributed by atoms with van der Waals surface area (Å²) in [4.78, 5) is 0. The van der Waals surface area contributed by atoms with E-state index in [1.807, 2.05) is 37.3 Å². The van der Waals surface area contributed by atoms with Gasteiger partial charge in [0.15, 0.2) is 0 Å². The molecule has 2 rings (SSSR count). The number of benzene rings is 2. The number of rotatable bonds is 5. The lowest BCUT2D eigenvalue weighted by atomic mass is 9.85. The van der Waals surface area contributed by atoms with Crippen LogP contribution in [0.2, 0.25) is 0 Å². The van der Waals surface area contributed by atoms with Crippen LogP contribution in [0.15, 0.2) is 54.6 Å². The van der Waals surface area contributed by atoms with Crippen LogP contribution in [0.4, 0.5) is 0 Å². The summed E-state index contributed by atoms with van der Waals surface area (Å²) in [6, 6.07) is 18.5. The van der Waals surface area contributed by atoms with Crippen molar-refractivity contribution in [1.82, 2.24) is 0 Å². The summed E-state index contributed by atoms with van der Waals surface area (Å²) in [6.45, 7) is 4.19. The third-order valence-electron chi connectivity index (χ3n) is 3.82. The van der Waals surface area contributed by atoms with E-state index >= 15 is 0 Å². The van der Waals surface area contributed by atoms with Gasteiger partial charge in [-0.3, -0.25) is 0 Å². The molecule has 0 heterocycles. The zero-order chi connectivity index (χ0) is 13.7. The molecule has 0 saturated heterocycles. The van der Waals surface area contributed by atoms with Gasteiger partial charge in [-0.2, -0.15) is 0 Å². The van der Waals surface area contributed by atoms with Crippen LogP contribution in [0.1, 0.15) is 37.0 Å². The van der Waals surface area contributed by atoms with Gasteiger partial charge in [0, 0.05) is 6.42 Å². The SMILES string of the molecule is CCc1ccc(CC(O)(CC)c2ccccc2)cc1. The summed E-state index contributed by atoms with van der Waals surface area (Å²) in [5.74, 6) is 0. The minimum Gasteiger partial charge on any atom is -0.385 e. The highest BCUT2D eigenvalue weighted by atomic mass is 16.3. The Morgan fingerprint density at radius 2 is 1.42 bits per heavy atom. The molecule has 2 aromatic carbocycles. The van der Waals surface area contributed by atoms with Crippen molar-refractivity contribution in [2.24, 2.45) is 0 Å². The fourth-order valence-corrected chi connectivity index (χ4v) is 2.41. The van der Waals surface area contributed by atoms with Crippen molar-refractivity contribution in [3.8, 4) is 0 Å². The van der Waals surface area contributed by atoms with Gasteiger partial charge >= 0.3 is 0 Å². The molecule has 0 aliphatic rings. The summed E-state index contributed by atoms with van der Waals surface area (Å²) < 4.78 is 0. The number of hydrogen-bond acceptors (Lipinski definition) is 1. The van der Waals surface area contributed by atoms with Crippen molar-refractivity contribution in [3.05, 3.63) is 71.3 Å². The lowest BCUT2D eigenvalue weighted by molar-refractivity contribution is 0.0327. The first-order valence-corrected chi connectivity index (χ1v) is 7.03. The molecule has 0 radical (unpaired) electrons. The van der Waals surface area contributed by atoms with Crippen LogP contribution in [0.25, 0.3) is 0 Å². The van der Waals surface area contributed by atoms with Crippen molar-refractivity contribution in [2.45, 2.75) is 38.7 Å². The Kier molecular flexibility index (Phi) is 4.39. The normalized spacial score (nSPS) is 14.1. The molecule has 0 bridgehead atoms. The summed E-state index contributed by atoms with van der Waals surface area (Å²) in [5, 5.41) is 10.9. The van der Waals surface area contributed by atoms with Crippen molar-refractivity contribution < 1.29 is 5.11 Å². The van der Waals surface area contributed by atoms with E-state index in [1.165, 1.54) is 11.1 Å². The molecule has 1 N–H and O–H groups in total. The van der Waals surface area contributed by atoms with Gasteiger partial charge in [0.2, 0.25) is 0 Å². The van der Waals surface area contributed by atoms with E-state index in [9.17, 15) is 5.11 Å². The molecular formula is C18H22O. The smallest absolute Gasteiger partial charge is 0.0934 e. The second kappa shape index (κ2) is 6.03. The topological polar surface area (TPSA) is 20.2 Å². The van der Waals surface area contributed by atoms with E-state index in [0.29, 0.717) is 12.8 Å². The van der Waals surface area contributed by atoms with Gasteiger partial charge in [-0.1, -0.05) is 68.4 Å². The average molecular weight is 254 g/mol. The zero-order valence-electron chi connectivity index (χ0n) is 11.8. The molecule has 0 amide bonds. The average Bonchev–Trinajstić information content (AvgIpc) is 2.49. The predicted molar refractivity (Wildman–Crippen MR) is 80.2 cm³/mol. The highest BCUT2D eigenvalue weighted by Crippen LogP contribution is 2.29. The lowest BCUT2D eigenvalue weighted by Gasteiger charge is -2.27. The lowest BCUT2D eigenvalue weighted by Crippen LogP contribution is -2.27. The van der Waals surface area contributed by atoms with Gasteiger partial charge in [0.1, 0.15) is 0 Å². The Hall–Kier alpha value is -1.60. The first-order chi connectivity index (χ1) is 9.18. The quantitative estimate of drug-likeness (QED) is 0.852. The molecule has 0 fully saturated rings.